The van der Waals surface area contributed by atoms with Crippen LogP contribution in [0.4, 0.5) is 0 Å². The molecule has 0 spiro atoms. The Morgan fingerprint density at radius 3 is 2.10 bits per heavy atom. The topological polar surface area (TPSA) is 51.8 Å². The molecule has 1 aliphatic rings. The Morgan fingerprint density at radius 2 is 1.50 bits per heavy atom. The van der Waals surface area contributed by atoms with Crippen molar-refractivity contribution in [2.45, 2.75) is 37.6 Å². The molecule has 0 amide bonds. The van der Waals surface area contributed by atoms with E-state index in [1.165, 1.54) is 19.3 Å². The van der Waals surface area contributed by atoms with Gasteiger partial charge in [0.1, 0.15) is 5.82 Å². The maximum Gasteiger partial charge on any atom is 0.148 e. The number of nitrogens with zero attached hydrogens (tertiary/aromatic N) is 2. The predicted octanol–water partition coefficient (Wildman–Crippen LogP) is 3.92. The van der Waals surface area contributed by atoms with Crippen molar-refractivity contribution < 1.29 is 0 Å². The third-order valence-electron chi connectivity index (χ3n) is 4.02. The quantitative estimate of drug-likeness (QED) is 0.911. The van der Waals surface area contributed by atoms with Gasteiger partial charge in [0.15, 0.2) is 0 Å². The second-order valence-electron chi connectivity index (χ2n) is 5.52. The van der Waals surface area contributed by atoms with Gasteiger partial charge in [-0.15, -0.1) is 0 Å². The number of nitrogens with two attached hydrogens (primary N) is 1. The molecule has 20 heavy (non-hydrogen) atoms. The molecule has 1 aromatic carbocycles. The van der Waals surface area contributed by atoms with Crippen molar-refractivity contribution in [3.05, 3.63) is 47.5 Å². The fourth-order valence-corrected chi connectivity index (χ4v) is 2.91. The summed E-state index contributed by atoms with van der Waals surface area (Å²) in [6.45, 7) is 0. The Balaban J connectivity index is 1.85. The molecule has 0 radical (unpaired) electrons. The normalized spacial score (nSPS) is 17.9. The van der Waals surface area contributed by atoms with E-state index in [1.54, 1.807) is 0 Å². The largest absolute Gasteiger partial charge is 0.319 e. The molecule has 3 nitrogen and oxygen atoms in total. The summed E-state index contributed by atoms with van der Waals surface area (Å²) in [6, 6.07) is 7.69. The van der Waals surface area contributed by atoms with Crippen LogP contribution in [0.3, 0.4) is 0 Å². The van der Waals surface area contributed by atoms with Gasteiger partial charge in [-0.05, 0) is 30.5 Å². The number of aromatic nitrogens is 2. The summed E-state index contributed by atoms with van der Waals surface area (Å²) in [7, 11) is 0. The van der Waals surface area contributed by atoms with Crippen molar-refractivity contribution in [3.8, 4) is 11.1 Å². The van der Waals surface area contributed by atoms with E-state index in [4.69, 9.17) is 17.3 Å². The smallest absolute Gasteiger partial charge is 0.148 e. The molecule has 0 aliphatic heterocycles. The number of hydrogen-bond donors (Lipinski definition) is 1. The highest BCUT2D eigenvalue weighted by Crippen LogP contribution is 2.33. The Bertz CT molecular complexity index is 572. The Hall–Kier alpha value is -1.45. The molecule has 3 rings (SSSR count). The minimum atomic E-state index is -0.337. The molecule has 1 heterocycles. The van der Waals surface area contributed by atoms with Crippen LogP contribution in [0.2, 0.25) is 5.02 Å². The van der Waals surface area contributed by atoms with E-state index < -0.39 is 0 Å². The summed E-state index contributed by atoms with van der Waals surface area (Å²) < 4.78 is 0. The zero-order valence-electron chi connectivity index (χ0n) is 11.3. The van der Waals surface area contributed by atoms with Crippen LogP contribution >= 0.6 is 11.6 Å². The van der Waals surface area contributed by atoms with Crippen molar-refractivity contribution in [2.75, 3.05) is 0 Å². The molecular formula is C16H18ClN3. The lowest BCUT2D eigenvalue weighted by molar-refractivity contribution is 0.287. The average Bonchev–Trinajstić information content (AvgIpc) is 2.49. The standard InChI is InChI=1S/C16H18ClN3/c17-14-6-4-12(5-7-14)13-10-19-15(20-11-13)16(18)8-2-1-3-9-16/h4-7,10-11H,1-3,8-9,18H2. The zero-order valence-corrected chi connectivity index (χ0v) is 12.1. The molecule has 2 N–H and O–H groups in total. The number of rotatable bonds is 2. The summed E-state index contributed by atoms with van der Waals surface area (Å²) in [5, 5.41) is 0.731. The molecule has 0 atom stereocenters. The monoisotopic (exact) mass is 287 g/mol. The zero-order chi connectivity index (χ0) is 14.0. The second-order valence-corrected chi connectivity index (χ2v) is 5.96. The van der Waals surface area contributed by atoms with Crippen molar-refractivity contribution >= 4 is 11.6 Å². The summed E-state index contributed by atoms with van der Waals surface area (Å²) in [5.41, 5.74) is 8.17. The van der Waals surface area contributed by atoms with Gasteiger partial charge in [-0.25, -0.2) is 9.97 Å². The lowest BCUT2D eigenvalue weighted by Crippen LogP contribution is -2.40. The number of halogens is 1. The van der Waals surface area contributed by atoms with Crippen LogP contribution in [0.1, 0.15) is 37.9 Å². The van der Waals surface area contributed by atoms with Crippen molar-refractivity contribution in [1.29, 1.82) is 0 Å². The van der Waals surface area contributed by atoms with Gasteiger partial charge in [-0.1, -0.05) is 43.0 Å². The molecular weight excluding hydrogens is 270 g/mol. The van der Waals surface area contributed by atoms with Crippen LogP contribution in [0.15, 0.2) is 36.7 Å². The molecule has 1 saturated carbocycles. The molecule has 1 aliphatic carbocycles. The van der Waals surface area contributed by atoms with Crippen LogP contribution in [0.25, 0.3) is 11.1 Å². The molecule has 1 aromatic heterocycles. The van der Waals surface area contributed by atoms with E-state index >= 15 is 0 Å². The molecule has 2 aromatic rings. The SMILES string of the molecule is NC1(c2ncc(-c3ccc(Cl)cc3)cn2)CCCCC1. The lowest BCUT2D eigenvalue weighted by Gasteiger charge is -2.31. The van der Waals surface area contributed by atoms with Gasteiger partial charge in [0.2, 0.25) is 0 Å². The van der Waals surface area contributed by atoms with Crippen LogP contribution < -0.4 is 5.73 Å². The first-order chi connectivity index (χ1) is 9.67. The van der Waals surface area contributed by atoms with Crippen LogP contribution in [0, 0.1) is 0 Å². The molecule has 1 fully saturated rings. The maximum atomic E-state index is 6.45. The van der Waals surface area contributed by atoms with E-state index in [9.17, 15) is 0 Å². The summed E-state index contributed by atoms with van der Waals surface area (Å²) in [4.78, 5) is 9.01. The minimum Gasteiger partial charge on any atom is -0.319 e. The van der Waals surface area contributed by atoms with Gasteiger partial charge in [-0.3, -0.25) is 0 Å². The van der Waals surface area contributed by atoms with E-state index in [1.807, 2.05) is 36.7 Å². The highest BCUT2D eigenvalue weighted by Gasteiger charge is 2.32. The fourth-order valence-electron chi connectivity index (χ4n) is 2.78. The van der Waals surface area contributed by atoms with Crippen molar-refractivity contribution in [3.63, 3.8) is 0 Å². The van der Waals surface area contributed by atoms with Crippen molar-refractivity contribution in [1.82, 2.24) is 9.97 Å². The highest BCUT2D eigenvalue weighted by molar-refractivity contribution is 6.30. The fraction of sp³-hybridized carbons (Fsp3) is 0.375. The van der Waals surface area contributed by atoms with Gasteiger partial charge in [0.05, 0.1) is 5.54 Å². The van der Waals surface area contributed by atoms with E-state index in [0.717, 1.165) is 34.8 Å². The summed E-state index contributed by atoms with van der Waals surface area (Å²) >= 11 is 5.90. The first-order valence-electron chi connectivity index (χ1n) is 7.05. The predicted molar refractivity (Wildman–Crippen MR) is 81.4 cm³/mol. The van der Waals surface area contributed by atoms with Crippen LogP contribution in [0.5, 0.6) is 0 Å². The Morgan fingerprint density at radius 1 is 0.900 bits per heavy atom. The highest BCUT2D eigenvalue weighted by atomic mass is 35.5. The van der Waals surface area contributed by atoms with Crippen LogP contribution in [-0.4, -0.2) is 9.97 Å². The number of hydrogen-bond acceptors (Lipinski definition) is 3. The minimum absolute atomic E-state index is 0.337. The van der Waals surface area contributed by atoms with E-state index in [0.29, 0.717) is 0 Å². The second kappa shape index (κ2) is 5.51. The molecule has 0 saturated heterocycles. The van der Waals surface area contributed by atoms with Crippen molar-refractivity contribution in [2.24, 2.45) is 5.73 Å². The molecule has 0 unspecified atom stereocenters. The van der Waals surface area contributed by atoms with Gasteiger partial charge in [0.25, 0.3) is 0 Å². The van der Waals surface area contributed by atoms with Gasteiger partial charge >= 0.3 is 0 Å². The molecule has 104 valence electrons. The summed E-state index contributed by atoms with van der Waals surface area (Å²) in [5.74, 6) is 0.773. The number of benzene rings is 1. The lowest BCUT2D eigenvalue weighted by atomic mass is 9.82. The van der Waals surface area contributed by atoms with E-state index in [2.05, 4.69) is 9.97 Å². The third kappa shape index (κ3) is 2.69. The Labute approximate surface area is 124 Å². The van der Waals surface area contributed by atoms with Gasteiger partial charge < -0.3 is 5.73 Å². The van der Waals surface area contributed by atoms with E-state index in [-0.39, 0.29) is 5.54 Å². The molecule has 0 bridgehead atoms. The maximum absolute atomic E-state index is 6.45. The average molecular weight is 288 g/mol. The first kappa shape index (κ1) is 13.5. The molecule has 4 heteroatoms. The van der Waals surface area contributed by atoms with Gasteiger partial charge in [0, 0.05) is 23.0 Å². The summed E-state index contributed by atoms with van der Waals surface area (Å²) in [6.07, 6.45) is 9.27. The van der Waals surface area contributed by atoms with Crippen LogP contribution in [-0.2, 0) is 5.54 Å². The van der Waals surface area contributed by atoms with Gasteiger partial charge in [-0.2, -0.15) is 0 Å². The first-order valence-corrected chi connectivity index (χ1v) is 7.43. The third-order valence-corrected chi connectivity index (χ3v) is 4.27. The Kier molecular flexibility index (Phi) is 3.72.